The van der Waals surface area contributed by atoms with Crippen molar-refractivity contribution in [1.29, 1.82) is 0 Å². The smallest absolute Gasteiger partial charge is 0.0337 e. The Labute approximate surface area is 163 Å². The summed E-state index contributed by atoms with van der Waals surface area (Å²) in [7, 11) is 1.96. The van der Waals surface area contributed by atoms with Crippen LogP contribution in [-0.4, -0.2) is 20.1 Å². The van der Waals surface area contributed by atoms with E-state index in [1.807, 2.05) is 19.2 Å². The molecule has 4 rings (SSSR count). The van der Waals surface area contributed by atoms with E-state index in [0.29, 0.717) is 11.3 Å². The fraction of sp³-hybridized carbons (Fsp3) is 0.429. The number of fused-ring (bicyclic) bond motifs is 1. The van der Waals surface area contributed by atoms with Crippen molar-refractivity contribution in [2.75, 3.05) is 25.5 Å². The molecule has 1 saturated carbocycles. The van der Waals surface area contributed by atoms with E-state index in [2.05, 4.69) is 73.5 Å². The highest BCUT2D eigenvalue weighted by atomic mass is 35.5. The number of rotatable bonds is 3. The Morgan fingerprint density at radius 2 is 1.72 bits per heavy atom. The molecule has 0 unspecified atom stereocenters. The maximum atomic E-state index is 4.20. The van der Waals surface area contributed by atoms with Crippen molar-refractivity contribution in [2.24, 2.45) is 5.92 Å². The molecule has 2 aromatic rings. The van der Waals surface area contributed by atoms with Crippen LogP contribution in [-0.2, 0) is 5.41 Å². The molecule has 2 aliphatic rings. The van der Waals surface area contributed by atoms with Gasteiger partial charge in [0.1, 0.15) is 0 Å². The zero-order chi connectivity index (χ0) is 17.2. The Balaban J connectivity index is 0.000000184. The summed E-state index contributed by atoms with van der Waals surface area (Å²) in [6.07, 6.45) is 1.39. The number of nitrogens with one attached hydrogen (secondary N) is 2. The molecule has 136 valence electrons. The van der Waals surface area contributed by atoms with E-state index in [-0.39, 0.29) is 12.4 Å². The van der Waals surface area contributed by atoms with Gasteiger partial charge < -0.3 is 10.6 Å². The fourth-order valence-electron chi connectivity index (χ4n) is 3.62. The number of thiol groups is 1. The van der Waals surface area contributed by atoms with E-state index in [1.54, 1.807) is 0 Å². The monoisotopic (exact) mass is 376 g/mol. The van der Waals surface area contributed by atoms with Crippen molar-refractivity contribution in [3.05, 3.63) is 59.7 Å². The van der Waals surface area contributed by atoms with Crippen molar-refractivity contribution in [3.63, 3.8) is 0 Å². The fourth-order valence-corrected chi connectivity index (χ4v) is 3.77. The minimum absolute atomic E-state index is 0. The lowest BCUT2D eigenvalue weighted by atomic mass is 9.95. The highest BCUT2D eigenvalue weighted by Crippen LogP contribution is 2.56. The first kappa shape index (κ1) is 20.2. The number of anilines is 1. The van der Waals surface area contributed by atoms with Crippen LogP contribution in [0.4, 0.5) is 5.69 Å². The van der Waals surface area contributed by atoms with Gasteiger partial charge in [0.05, 0.1) is 0 Å². The van der Waals surface area contributed by atoms with Gasteiger partial charge in [0.2, 0.25) is 0 Å². The number of piperidine rings is 1. The summed E-state index contributed by atoms with van der Waals surface area (Å²) < 4.78 is 0. The second-order valence-electron chi connectivity index (χ2n) is 7.26. The molecule has 1 aliphatic heterocycles. The molecule has 2 aromatic carbocycles. The molecule has 2 fully saturated rings. The van der Waals surface area contributed by atoms with Crippen LogP contribution in [0.3, 0.4) is 0 Å². The van der Waals surface area contributed by atoms with Crippen LogP contribution < -0.4 is 10.6 Å². The highest BCUT2D eigenvalue weighted by molar-refractivity contribution is 7.80. The van der Waals surface area contributed by atoms with Crippen LogP contribution in [0.2, 0.25) is 0 Å². The van der Waals surface area contributed by atoms with Crippen LogP contribution in [0.5, 0.6) is 0 Å². The van der Waals surface area contributed by atoms with Crippen molar-refractivity contribution in [2.45, 2.75) is 36.5 Å². The third-order valence-corrected chi connectivity index (χ3v) is 5.67. The molecule has 25 heavy (non-hydrogen) atoms. The number of benzene rings is 2. The van der Waals surface area contributed by atoms with Crippen LogP contribution in [0.15, 0.2) is 53.4 Å². The molecule has 2 N–H and O–H groups in total. The minimum atomic E-state index is 0. The summed E-state index contributed by atoms with van der Waals surface area (Å²) in [5.41, 5.74) is 4.60. The summed E-state index contributed by atoms with van der Waals surface area (Å²) in [6, 6.07) is 17.2. The van der Waals surface area contributed by atoms with Gasteiger partial charge in [0.15, 0.2) is 0 Å². The van der Waals surface area contributed by atoms with E-state index in [0.717, 1.165) is 10.8 Å². The van der Waals surface area contributed by atoms with Crippen LogP contribution in [0.25, 0.3) is 0 Å². The Kier molecular flexibility index (Phi) is 6.84. The lowest BCUT2D eigenvalue weighted by molar-refractivity contribution is 0.676. The topological polar surface area (TPSA) is 24.1 Å². The molecule has 2 atom stereocenters. The van der Waals surface area contributed by atoms with E-state index >= 15 is 0 Å². The quantitative estimate of drug-likeness (QED) is 0.648. The molecule has 4 heteroatoms. The molecule has 0 aromatic heterocycles. The number of hydrogen-bond donors (Lipinski definition) is 3. The summed E-state index contributed by atoms with van der Waals surface area (Å²) in [4.78, 5) is 1.03. The molecule has 2 nitrogen and oxygen atoms in total. The first-order chi connectivity index (χ1) is 11.5. The van der Waals surface area contributed by atoms with Gasteiger partial charge in [0.25, 0.3) is 0 Å². The summed E-state index contributed by atoms with van der Waals surface area (Å²) in [5, 5.41) is 6.63. The molecule has 1 saturated heterocycles. The van der Waals surface area contributed by atoms with Gasteiger partial charge in [-0.3, -0.25) is 0 Å². The molecule has 1 aliphatic carbocycles. The molecule has 0 amide bonds. The van der Waals surface area contributed by atoms with Gasteiger partial charge in [-0.2, -0.15) is 0 Å². The third kappa shape index (κ3) is 4.52. The van der Waals surface area contributed by atoms with Gasteiger partial charge in [-0.15, -0.1) is 25.0 Å². The third-order valence-electron chi connectivity index (χ3n) is 5.37. The summed E-state index contributed by atoms with van der Waals surface area (Å²) in [5.74, 6) is 1.52. The first-order valence-corrected chi connectivity index (χ1v) is 9.28. The summed E-state index contributed by atoms with van der Waals surface area (Å²) in [6.45, 7) is 6.77. The Morgan fingerprint density at radius 3 is 2.16 bits per heavy atom. The normalized spacial score (nSPS) is 23.2. The van der Waals surface area contributed by atoms with Crippen molar-refractivity contribution in [1.82, 2.24) is 5.32 Å². The maximum absolute atomic E-state index is 4.20. The zero-order valence-electron chi connectivity index (χ0n) is 15.3. The molecular weight excluding hydrogens is 348 g/mol. The van der Waals surface area contributed by atoms with Crippen molar-refractivity contribution in [3.8, 4) is 0 Å². The Hall–Kier alpha value is -1.16. The van der Waals surface area contributed by atoms with Crippen LogP contribution in [0, 0.1) is 5.92 Å². The van der Waals surface area contributed by atoms with Gasteiger partial charge in [-0.05, 0) is 60.2 Å². The van der Waals surface area contributed by atoms with Crippen molar-refractivity contribution >= 4 is 30.7 Å². The zero-order valence-corrected chi connectivity index (χ0v) is 17.0. The van der Waals surface area contributed by atoms with E-state index in [4.69, 9.17) is 0 Å². The Morgan fingerprint density at radius 1 is 1.08 bits per heavy atom. The van der Waals surface area contributed by atoms with E-state index < -0.39 is 0 Å². The highest BCUT2D eigenvalue weighted by Gasteiger charge is 2.57. The lowest BCUT2D eigenvalue weighted by Gasteiger charge is -2.12. The Bertz CT molecular complexity index is 669. The predicted octanol–water partition coefficient (Wildman–Crippen LogP) is 5.11. The number of hydrogen-bond acceptors (Lipinski definition) is 3. The van der Waals surface area contributed by atoms with E-state index in [1.165, 1.54) is 36.3 Å². The predicted molar refractivity (Wildman–Crippen MR) is 114 cm³/mol. The van der Waals surface area contributed by atoms with Crippen LogP contribution >= 0.6 is 25.0 Å². The largest absolute Gasteiger partial charge is 0.388 e. The van der Waals surface area contributed by atoms with E-state index in [9.17, 15) is 0 Å². The molecule has 0 spiro atoms. The molecule has 1 heterocycles. The van der Waals surface area contributed by atoms with Gasteiger partial charge in [-0.1, -0.05) is 38.1 Å². The lowest BCUT2D eigenvalue weighted by Crippen LogP contribution is -2.19. The SMILES string of the molecule is CC(C)c1ccc(S)cc1.CNc1ccc([C@]23CNC[C@H]2C3)cc1.Cl. The van der Waals surface area contributed by atoms with Gasteiger partial charge in [0, 0.05) is 29.6 Å². The van der Waals surface area contributed by atoms with Crippen LogP contribution in [0.1, 0.15) is 37.3 Å². The average Bonchev–Trinajstić information content (AvgIpc) is 3.17. The van der Waals surface area contributed by atoms with Gasteiger partial charge in [-0.25, -0.2) is 0 Å². The standard InChI is InChI=1S/C12H16N2.C9H12S.ClH/c1-13-11-4-2-9(3-5-11)12-6-10(12)7-14-8-12;1-7(2)8-3-5-9(10)6-4-8;/h2-5,10,13-14H,6-8H2,1H3;3-7,10H,1-2H3;1H/t10-,12+;;/m1../s1. The van der Waals surface area contributed by atoms with Gasteiger partial charge >= 0.3 is 0 Å². The summed E-state index contributed by atoms with van der Waals surface area (Å²) >= 11 is 4.20. The average molecular weight is 377 g/mol. The second kappa shape index (κ2) is 8.48. The second-order valence-corrected chi connectivity index (χ2v) is 7.78. The molecule has 0 bridgehead atoms. The number of halogens is 1. The molecular formula is C21H29ClN2S. The minimum Gasteiger partial charge on any atom is -0.388 e. The maximum Gasteiger partial charge on any atom is 0.0337 e. The van der Waals surface area contributed by atoms with Crippen molar-refractivity contribution < 1.29 is 0 Å². The molecule has 0 radical (unpaired) electrons. The first-order valence-electron chi connectivity index (χ1n) is 8.83.